The van der Waals surface area contributed by atoms with Gasteiger partial charge in [-0.05, 0) is 49.6 Å². The third-order valence-corrected chi connectivity index (χ3v) is 6.55. The van der Waals surface area contributed by atoms with Crippen LogP contribution in [0, 0.1) is 31.0 Å². The highest BCUT2D eigenvalue weighted by molar-refractivity contribution is 7.89. The van der Waals surface area contributed by atoms with Crippen molar-refractivity contribution in [2.75, 3.05) is 5.73 Å². The molecule has 1 aromatic heterocycles. The SMILES string of the molecule is Cc1cc(C)c(S(=O)(=O)N[C@@H](C)Cn2cc(CC#N)c3cccc(F)c32)c(N)c1. The number of nitrogen functional groups attached to an aromatic ring is 1. The summed E-state index contributed by atoms with van der Waals surface area (Å²) in [6, 6.07) is 9.62. The van der Waals surface area contributed by atoms with Crippen molar-refractivity contribution >= 4 is 26.6 Å². The van der Waals surface area contributed by atoms with Gasteiger partial charge in [-0.3, -0.25) is 0 Å². The Kier molecular flexibility index (Phi) is 5.64. The Balaban J connectivity index is 1.92. The fourth-order valence-corrected chi connectivity index (χ4v) is 5.34. The molecule has 0 unspecified atom stereocenters. The summed E-state index contributed by atoms with van der Waals surface area (Å²) in [5.74, 6) is -0.416. The molecule has 2 aromatic carbocycles. The van der Waals surface area contributed by atoms with Gasteiger partial charge in [-0.2, -0.15) is 5.26 Å². The van der Waals surface area contributed by atoms with Gasteiger partial charge in [-0.1, -0.05) is 18.2 Å². The minimum Gasteiger partial charge on any atom is -0.398 e. The lowest BCUT2D eigenvalue weighted by molar-refractivity contribution is 0.523. The molecular formula is C21H23FN4O2S. The normalized spacial score (nSPS) is 12.8. The predicted octanol–water partition coefficient (Wildman–Crippen LogP) is 3.41. The largest absolute Gasteiger partial charge is 0.398 e. The first-order valence-corrected chi connectivity index (χ1v) is 10.6. The van der Waals surface area contributed by atoms with Crippen molar-refractivity contribution in [2.45, 2.75) is 44.7 Å². The first kappa shape index (κ1) is 20.8. The van der Waals surface area contributed by atoms with Gasteiger partial charge in [-0.25, -0.2) is 17.5 Å². The molecule has 152 valence electrons. The molecule has 0 saturated heterocycles. The van der Waals surface area contributed by atoms with Crippen LogP contribution in [0.2, 0.25) is 0 Å². The molecule has 6 nitrogen and oxygen atoms in total. The summed E-state index contributed by atoms with van der Waals surface area (Å²) in [7, 11) is -3.86. The van der Waals surface area contributed by atoms with Gasteiger partial charge >= 0.3 is 0 Å². The molecule has 0 aliphatic heterocycles. The molecule has 0 saturated carbocycles. The predicted molar refractivity (Wildman–Crippen MR) is 111 cm³/mol. The van der Waals surface area contributed by atoms with Crippen molar-refractivity contribution < 1.29 is 12.8 Å². The van der Waals surface area contributed by atoms with Crippen molar-refractivity contribution in [1.82, 2.24) is 9.29 Å². The Labute approximate surface area is 169 Å². The molecule has 8 heteroatoms. The van der Waals surface area contributed by atoms with E-state index in [0.29, 0.717) is 22.0 Å². The van der Waals surface area contributed by atoms with E-state index in [1.54, 1.807) is 48.9 Å². The maximum atomic E-state index is 14.4. The number of halogens is 1. The standard InChI is InChI=1S/C21H23FN4O2S/c1-13-9-14(2)21(19(24)10-13)29(27,28)25-15(3)11-26-12-16(7-8-23)17-5-4-6-18(22)20(17)26/h4-6,9-10,12,15,25H,7,11,24H2,1-3H3/t15-/m0/s1. The van der Waals surface area contributed by atoms with Gasteiger partial charge in [0.1, 0.15) is 10.7 Å². The van der Waals surface area contributed by atoms with Crippen molar-refractivity contribution in [2.24, 2.45) is 0 Å². The van der Waals surface area contributed by atoms with Crippen LogP contribution >= 0.6 is 0 Å². The molecule has 0 bridgehead atoms. The summed E-state index contributed by atoms with van der Waals surface area (Å²) < 4.78 is 44.5. The van der Waals surface area contributed by atoms with Crippen molar-refractivity contribution in [3.63, 3.8) is 0 Å². The number of aryl methyl sites for hydroxylation is 2. The van der Waals surface area contributed by atoms with Gasteiger partial charge in [0, 0.05) is 24.2 Å². The first-order chi connectivity index (χ1) is 13.6. The zero-order valence-electron chi connectivity index (χ0n) is 16.5. The lowest BCUT2D eigenvalue weighted by Gasteiger charge is -2.18. The van der Waals surface area contributed by atoms with Crippen LogP contribution < -0.4 is 10.5 Å². The Morgan fingerprint density at radius 3 is 2.69 bits per heavy atom. The van der Waals surface area contributed by atoms with Crippen molar-refractivity contribution in [1.29, 1.82) is 5.26 Å². The Hall–Kier alpha value is -2.89. The summed E-state index contributed by atoms with van der Waals surface area (Å²) in [6.07, 6.45) is 1.85. The van der Waals surface area contributed by atoms with Gasteiger partial charge in [0.2, 0.25) is 10.0 Å². The molecule has 0 amide bonds. The van der Waals surface area contributed by atoms with E-state index >= 15 is 0 Å². The average Bonchev–Trinajstić information content (AvgIpc) is 2.92. The average molecular weight is 415 g/mol. The molecule has 1 heterocycles. The van der Waals surface area contributed by atoms with E-state index in [2.05, 4.69) is 10.8 Å². The summed E-state index contributed by atoms with van der Waals surface area (Å²) in [5.41, 5.74) is 8.66. The van der Waals surface area contributed by atoms with Crippen LogP contribution in [0.3, 0.4) is 0 Å². The molecule has 0 radical (unpaired) electrons. The van der Waals surface area contributed by atoms with E-state index in [1.165, 1.54) is 6.07 Å². The van der Waals surface area contributed by atoms with Crippen LogP contribution in [0.5, 0.6) is 0 Å². The van der Waals surface area contributed by atoms with Crippen LogP contribution in [-0.4, -0.2) is 19.0 Å². The van der Waals surface area contributed by atoms with Gasteiger partial charge in [0.05, 0.1) is 23.7 Å². The van der Waals surface area contributed by atoms with Crippen LogP contribution in [0.25, 0.3) is 10.9 Å². The first-order valence-electron chi connectivity index (χ1n) is 9.16. The number of anilines is 1. The molecule has 1 atom stereocenters. The topological polar surface area (TPSA) is 101 Å². The maximum absolute atomic E-state index is 14.4. The minimum absolute atomic E-state index is 0.0589. The fraction of sp³-hybridized carbons (Fsp3) is 0.286. The third kappa shape index (κ3) is 4.11. The highest BCUT2D eigenvalue weighted by Crippen LogP contribution is 2.26. The summed E-state index contributed by atoms with van der Waals surface area (Å²) in [5, 5.41) is 9.69. The summed E-state index contributed by atoms with van der Waals surface area (Å²) in [6.45, 7) is 5.45. The fourth-order valence-electron chi connectivity index (χ4n) is 3.77. The van der Waals surface area contributed by atoms with Crippen LogP contribution in [0.1, 0.15) is 23.6 Å². The number of nitrogens with two attached hydrogens (primary N) is 1. The number of sulfonamides is 1. The molecule has 0 aliphatic rings. The second-order valence-electron chi connectivity index (χ2n) is 7.30. The molecule has 0 fully saturated rings. The monoisotopic (exact) mass is 414 g/mol. The van der Waals surface area contributed by atoms with Gasteiger partial charge < -0.3 is 10.3 Å². The van der Waals surface area contributed by atoms with Gasteiger partial charge in [-0.15, -0.1) is 0 Å². The summed E-state index contributed by atoms with van der Waals surface area (Å²) >= 11 is 0. The lowest BCUT2D eigenvalue weighted by Crippen LogP contribution is -2.36. The van der Waals surface area contributed by atoms with E-state index in [4.69, 9.17) is 11.0 Å². The van der Waals surface area contributed by atoms with Crippen LogP contribution in [0.15, 0.2) is 41.4 Å². The van der Waals surface area contributed by atoms with Crippen LogP contribution in [-0.2, 0) is 23.0 Å². The summed E-state index contributed by atoms with van der Waals surface area (Å²) in [4.78, 5) is 0.0589. The van der Waals surface area contributed by atoms with E-state index in [-0.39, 0.29) is 23.5 Å². The molecule has 0 aliphatic carbocycles. The van der Waals surface area contributed by atoms with Gasteiger partial charge in [0.25, 0.3) is 0 Å². The highest BCUT2D eigenvalue weighted by atomic mass is 32.2. The number of nitrogens with zero attached hydrogens (tertiary/aromatic N) is 2. The number of para-hydroxylation sites is 1. The second kappa shape index (κ2) is 7.85. The number of hydrogen-bond donors (Lipinski definition) is 2. The van der Waals surface area contributed by atoms with E-state index < -0.39 is 21.9 Å². The Bertz CT molecular complexity index is 1200. The smallest absolute Gasteiger partial charge is 0.243 e. The van der Waals surface area contributed by atoms with Crippen LogP contribution in [0.4, 0.5) is 10.1 Å². The van der Waals surface area contributed by atoms with Crippen molar-refractivity contribution in [3.05, 3.63) is 59.0 Å². The Morgan fingerprint density at radius 2 is 2.03 bits per heavy atom. The van der Waals surface area contributed by atoms with Gasteiger partial charge in [0.15, 0.2) is 0 Å². The Morgan fingerprint density at radius 1 is 1.31 bits per heavy atom. The molecule has 29 heavy (non-hydrogen) atoms. The third-order valence-electron chi connectivity index (χ3n) is 4.74. The number of benzene rings is 2. The number of nitrogens with one attached hydrogen (secondary N) is 1. The van der Waals surface area contributed by atoms with E-state index in [0.717, 1.165) is 5.56 Å². The number of aromatic nitrogens is 1. The number of fused-ring (bicyclic) bond motifs is 1. The lowest BCUT2D eigenvalue weighted by atomic mass is 10.1. The van der Waals surface area contributed by atoms with E-state index in [1.807, 2.05) is 6.92 Å². The maximum Gasteiger partial charge on any atom is 0.243 e. The zero-order chi connectivity index (χ0) is 21.3. The quantitative estimate of drug-likeness (QED) is 0.604. The molecule has 3 rings (SSSR count). The molecule has 0 spiro atoms. The molecular weight excluding hydrogens is 391 g/mol. The molecule has 3 aromatic rings. The van der Waals surface area contributed by atoms with Crippen molar-refractivity contribution in [3.8, 4) is 6.07 Å². The van der Waals surface area contributed by atoms with E-state index in [9.17, 15) is 12.8 Å². The number of rotatable bonds is 6. The molecule has 3 N–H and O–H groups in total. The highest BCUT2D eigenvalue weighted by Gasteiger charge is 2.23. The number of nitriles is 1. The number of hydrogen-bond acceptors (Lipinski definition) is 4. The second-order valence-corrected chi connectivity index (χ2v) is 8.95. The zero-order valence-corrected chi connectivity index (χ0v) is 17.3. The minimum atomic E-state index is -3.86.